The highest BCUT2D eigenvalue weighted by atomic mass is 32.3. The Morgan fingerprint density at radius 1 is 0.442 bits per heavy atom. The number of nitrogens with one attached hydrogen (secondary N) is 6. The third-order valence-corrected chi connectivity index (χ3v) is 15.1. The molecule has 0 bridgehead atoms. The average Bonchev–Trinajstić information content (AvgIpc) is 1.68. The van der Waals surface area contributed by atoms with Crippen LogP contribution in [0.1, 0.15) is 13.8 Å². The fourth-order valence-corrected chi connectivity index (χ4v) is 10.4. The summed E-state index contributed by atoms with van der Waals surface area (Å²) >= 11 is 0. The van der Waals surface area contributed by atoms with Crippen molar-refractivity contribution in [1.29, 1.82) is 10.8 Å². The third-order valence-electron chi connectivity index (χ3n) is 15.1. The minimum Gasteiger partial charge on any atom is -0.394 e. The molecule has 40 N–H and O–H groups in total. The van der Waals surface area contributed by atoms with Crippen LogP contribution in [0.4, 0.5) is 0 Å². The molecule has 0 radical (unpaired) electrons. The van der Waals surface area contributed by atoms with E-state index in [9.17, 15) is 81.7 Å². The summed E-state index contributed by atoms with van der Waals surface area (Å²) in [6.45, 7) is -0.410. The summed E-state index contributed by atoms with van der Waals surface area (Å²) in [4.78, 5) is 7.50. The molecule has 30 atom stereocenters. The Balaban J connectivity index is 0.000000531. The number of likely N-dealkylation sites (N-methyl/N-ethyl adjacent to an activating group) is 2. The van der Waals surface area contributed by atoms with Crippen molar-refractivity contribution in [2.45, 2.75) is 196 Å². The first kappa shape index (κ1) is 86.7. The predicted molar refractivity (Wildman–Crippen MR) is 309 cm³/mol. The third kappa shape index (κ3) is 23.9. The van der Waals surface area contributed by atoms with Gasteiger partial charge in [-0.3, -0.25) is 38.1 Å². The fourth-order valence-electron chi connectivity index (χ4n) is 10.4. The molecule has 95 heavy (non-hydrogen) atoms. The standard InChI is InChI=1S/2C21H41N7O12.3H2O4S/c2*1-5-21(36,4-30)16(40-17-9(26-2)13(34)10(31)6(3-29)38-17)18(37-5)39-15-8(28-20(24)25)11(32)7(27-19(22)23)12(33)14(15)35;3*1-5(2,3)4/h2*5-18,26,29-36H,3-4H2,1-2H3,(H4,22,23,27)(H4,24,25,28);3*(H2,1,2,3,4)/t2*5-,6-,7-,8+,9-,10-,11-,12+,13-,14-,15-,16-,17-,18-,21+;;;/m00.../s1. The molecule has 4 heterocycles. The molecule has 4 saturated heterocycles. The summed E-state index contributed by atoms with van der Waals surface area (Å²) in [6.07, 6.45) is -33.8. The van der Waals surface area contributed by atoms with Gasteiger partial charge < -0.3 is 175 Å². The smallest absolute Gasteiger partial charge is 0.394 e. The molecular formula is C42H88N14O36S3. The van der Waals surface area contributed by atoms with E-state index < -0.39 is 264 Å². The first-order valence-electron chi connectivity index (χ1n) is 27.2. The molecule has 4 aliphatic heterocycles. The van der Waals surface area contributed by atoms with Crippen molar-refractivity contribution in [2.75, 3.05) is 40.5 Å². The summed E-state index contributed by atoms with van der Waals surface area (Å²) in [5, 5.41) is 194. The van der Waals surface area contributed by atoms with Crippen LogP contribution >= 0.6 is 0 Å². The number of nitrogens with zero attached hydrogens (tertiary/aromatic N) is 2. The van der Waals surface area contributed by atoms with Gasteiger partial charge >= 0.3 is 31.2 Å². The lowest BCUT2D eigenvalue weighted by atomic mass is 9.81. The molecule has 0 unspecified atom stereocenters. The van der Waals surface area contributed by atoms with Gasteiger partial charge in [-0.2, -0.15) is 25.3 Å². The fraction of sp³-hybridized carbons (Fsp3) is 0.905. The van der Waals surface area contributed by atoms with Crippen LogP contribution in [-0.4, -0.2) is 381 Å². The Morgan fingerprint density at radius 3 is 0.937 bits per heavy atom. The topological polar surface area (TPSA) is 898 Å². The minimum atomic E-state index is -4.67. The van der Waals surface area contributed by atoms with E-state index in [4.69, 9.17) is 136 Å². The Hall–Kier alpha value is -4.35. The van der Waals surface area contributed by atoms with Gasteiger partial charge in [-0.05, 0) is 27.9 Å². The number of aliphatic hydroxyl groups excluding tert-OH is 14. The SMILES string of the molecule is CN[C@@H]1[C@H](O[C@H]2[C@H](O[C@@H]3[C@@H](O)[C@H](O)[C@@H](N=C(N)N)[C@H](O)[C@H]3NC(=N)N)O[C@@H](C)[C@]2(O)CO)O[C@@H](CO)[C@H](O)[C@H]1O.CN[C@@H]1[C@H](O[C@H]2[C@H](O[C@@H]3[C@@H](O)[C@H](O)[C@@H](N=C(N)N)[C@H](O)[C@H]3NC(=N)N)O[C@@H](C)[C@]2(O)CO)O[C@@H](CO)[C@H](O)[C@H]1O.O=S(=O)(O)O.O=S(=O)(O)O.O=S(=O)(O)O. The van der Waals surface area contributed by atoms with Gasteiger partial charge in [0, 0.05) is 0 Å². The molecule has 2 aliphatic carbocycles. The van der Waals surface area contributed by atoms with Crippen molar-refractivity contribution in [3.05, 3.63) is 0 Å². The van der Waals surface area contributed by atoms with Crippen LogP contribution < -0.4 is 55.7 Å². The molecule has 0 spiro atoms. The summed E-state index contributed by atoms with van der Waals surface area (Å²) < 4.78 is 141. The summed E-state index contributed by atoms with van der Waals surface area (Å²) in [7, 11) is -11.1. The van der Waals surface area contributed by atoms with Crippen molar-refractivity contribution >= 4 is 55.0 Å². The van der Waals surface area contributed by atoms with Crippen LogP contribution in [0.15, 0.2) is 9.98 Å². The second-order valence-electron chi connectivity index (χ2n) is 21.5. The first-order valence-corrected chi connectivity index (χ1v) is 31.4. The second-order valence-corrected chi connectivity index (χ2v) is 24.2. The Morgan fingerprint density at radius 2 is 0.716 bits per heavy atom. The Bertz CT molecular complexity index is 2600. The maximum atomic E-state index is 11.3. The van der Waals surface area contributed by atoms with Crippen molar-refractivity contribution in [2.24, 2.45) is 44.4 Å². The number of hydrogen-bond donors (Lipinski definition) is 34. The number of hydrogen-bond acceptors (Lipinski definition) is 36. The molecule has 50 nitrogen and oxygen atoms in total. The Labute approximate surface area is 539 Å². The number of nitrogens with two attached hydrogens (primary N) is 6. The zero-order chi connectivity index (χ0) is 73.7. The zero-order valence-electron chi connectivity index (χ0n) is 50.1. The molecule has 0 aromatic rings. The molecule has 6 rings (SSSR count). The number of aliphatic imine (C=N–C) groups is 2. The maximum Gasteiger partial charge on any atom is 0.394 e. The summed E-state index contributed by atoms with van der Waals surface area (Å²) in [6, 6.07) is -7.88. The molecule has 6 fully saturated rings. The lowest BCUT2D eigenvalue weighted by molar-refractivity contribution is -0.318. The van der Waals surface area contributed by atoms with Crippen LogP contribution in [-0.2, 0) is 69.1 Å². The summed E-state index contributed by atoms with van der Waals surface area (Å²) in [5.74, 6) is -2.27. The van der Waals surface area contributed by atoms with Crippen LogP contribution in [0.5, 0.6) is 0 Å². The van der Waals surface area contributed by atoms with Gasteiger partial charge in [0.1, 0.15) is 121 Å². The van der Waals surface area contributed by atoms with E-state index in [2.05, 4.69) is 31.3 Å². The molecular weight excluding hydrogens is 1370 g/mol. The maximum absolute atomic E-state index is 11.3. The molecule has 0 aromatic heterocycles. The van der Waals surface area contributed by atoms with Crippen molar-refractivity contribution < 1.29 is 172 Å². The number of guanidine groups is 4. The van der Waals surface area contributed by atoms with Crippen molar-refractivity contribution in [1.82, 2.24) is 21.3 Å². The van der Waals surface area contributed by atoms with Gasteiger partial charge in [0.25, 0.3) is 0 Å². The number of ether oxygens (including phenoxy) is 8. The van der Waals surface area contributed by atoms with Crippen molar-refractivity contribution in [3.63, 3.8) is 0 Å². The molecule has 6 aliphatic rings. The minimum absolute atomic E-state index is 0.495. The highest BCUT2D eigenvalue weighted by Gasteiger charge is 2.63. The van der Waals surface area contributed by atoms with Crippen LogP contribution in [0.2, 0.25) is 0 Å². The molecule has 0 amide bonds. The monoisotopic (exact) mass is 1460 g/mol. The van der Waals surface area contributed by atoms with Gasteiger partial charge in [0.2, 0.25) is 0 Å². The van der Waals surface area contributed by atoms with Crippen LogP contribution in [0, 0.1) is 10.8 Å². The number of rotatable bonds is 18. The van der Waals surface area contributed by atoms with E-state index in [-0.39, 0.29) is 0 Å². The second kappa shape index (κ2) is 36.1. The van der Waals surface area contributed by atoms with Gasteiger partial charge in [0.05, 0.1) is 62.8 Å². The van der Waals surface area contributed by atoms with Crippen molar-refractivity contribution in [3.8, 4) is 0 Å². The van der Waals surface area contributed by atoms with Gasteiger partial charge in [-0.15, -0.1) is 0 Å². The van der Waals surface area contributed by atoms with E-state index >= 15 is 0 Å². The zero-order valence-corrected chi connectivity index (χ0v) is 52.6. The lowest BCUT2D eigenvalue weighted by Crippen LogP contribution is -2.70. The van der Waals surface area contributed by atoms with E-state index in [1.165, 1.54) is 27.9 Å². The van der Waals surface area contributed by atoms with E-state index in [1.807, 2.05) is 0 Å². The molecule has 53 heteroatoms. The highest BCUT2D eigenvalue weighted by molar-refractivity contribution is 7.80. The lowest BCUT2D eigenvalue weighted by Gasteiger charge is -2.46. The highest BCUT2D eigenvalue weighted by Crippen LogP contribution is 2.41. The average molecular weight is 1460 g/mol. The van der Waals surface area contributed by atoms with Gasteiger partial charge in [-0.25, -0.2) is 9.98 Å². The van der Waals surface area contributed by atoms with E-state index in [0.29, 0.717) is 0 Å². The first-order chi connectivity index (χ1) is 43.4. The molecule has 2 saturated carbocycles. The quantitative estimate of drug-likeness (QED) is 0.0344. The van der Waals surface area contributed by atoms with Crippen LogP contribution in [0.3, 0.4) is 0 Å². The van der Waals surface area contributed by atoms with E-state index in [0.717, 1.165) is 0 Å². The normalized spacial score (nSPS) is 41.9. The molecule has 0 aromatic carbocycles. The van der Waals surface area contributed by atoms with Gasteiger partial charge in [-0.1, -0.05) is 0 Å². The van der Waals surface area contributed by atoms with Gasteiger partial charge in [0.15, 0.2) is 49.0 Å². The van der Waals surface area contributed by atoms with E-state index in [1.54, 1.807) is 0 Å². The Kier molecular flexibility index (Phi) is 33.0. The molecule has 560 valence electrons. The van der Waals surface area contributed by atoms with Crippen LogP contribution in [0.25, 0.3) is 0 Å². The summed E-state index contributed by atoms with van der Waals surface area (Å²) in [5.41, 5.74) is 28.2. The number of aliphatic hydroxyl groups is 16. The predicted octanol–water partition coefficient (Wildman–Crippen LogP) is -18.3. The largest absolute Gasteiger partial charge is 0.394 e.